The number of benzene rings is 1. The van der Waals surface area contributed by atoms with Gasteiger partial charge in [0.05, 0.1) is 11.3 Å². The summed E-state index contributed by atoms with van der Waals surface area (Å²) in [6, 6.07) is 6.20. The Morgan fingerprint density at radius 2 is 2.04 bits per heavy atom. The van der Waals surface area contributed by atoms with Crippen LogP contribution in [0.15, 0.2) is 24.5 Å². The lowest BCUT2D eigenvalue weighted by atomic mass is 9.93. The Hall–Kier alpha value is -3.33. The van der Waals surface area contributed by atoms with Crippen molar-refractivity contribution in [1.82, 2.24) is 9.97 Å². The van der Waals surface area contributed by atoms with Crippen molar-refractivity contribution in [3.63, 3.8) is 0 Å². The van der Waals surface area contributed by atoms with Gasteiger partial charge < -0.3 is 15.8 Å². The van der Waals surface area contributed by atoms with E-state index < -0.39 is 0 Å². The monoisotopic (exact) mass is 331 g/mol. The number of aryl methyl sites for hydroxylation is 1. The van der Waals surface area contributed by atoms with E-state index >= 15 is 0 Å². The number of ether oxygens (including phenoxy) is 1. The van der Waals surface area contributed by atoms with Crippen molar-refractivity contribution in [3.05, 3.63) is 41.3 Å². The topological polar surface area (TPSA) is 96.9 Å². The van der Waals surface area contributed by atoms with Gasteiger partial charge in [0.25, 0.3) is 0 Å². The van der Waals surface area contributed by atoms with Crippen LogP contribution < -0.4 is 15.8 Å². The largest absolute Gasteiger partial charge is 0.474 e. The number of hydrogen-bond acceptors (Lipinski definition) is 6. The van der Waals surface area contributed by atoms with Crippen molar-refractivity contribution in [2.45, 2.75) is 13.8 Å². The van der Waals surface area contributed by atoms with Crippen LogP contribution in [0.1, 0.15) is 16.8 Å². The molecule has 0 radical (unpaired) electrons. The summed E-state index contributed by atoms with van der Waals surface area (Å²) >= 11 is 0. The van der Waals surface area contributed by atoms with Crippen molar-refractivity contribution in [2.24, 2.45) is 0 Å². The van der Waals surface area contributed by atoms with Gasteiger partial charge in [0.15, 0.2) is 0 Å². The molecule has 0 fully saturated rings. The summed E-state index contributed by atoms with van der Waals surface area (Å²) in [6.45, 7) is 5.25. The minimum atomic E-state index is 0.444. The molecule has 1 aliphatic heterocycles. The molecule has 0 saturated carbocycles. The Bertz CT molecular complexity index is 1050. The van der Waals surface area contributed by atoms with Crippen molar-refractivity contribution in [3.8, 4) is 23.1 Å². The zero-order valence-corrected chi connectivity index (χ0v) is 14.1. The number of nitrogen functional groups attached to an aromatic ring is 1. The molecule has 0 unspecified atom stereocenters. The van der Waals surface area contributed by atoms with Crippen LogP contribution in [0.3, 0.4) is 0 Å². The van der Waals surface area contributed by atoms with Crippen LogP contribution in [-0.2, 0) is 0 Å². The van der Waals surface area contributed by atoms with E-state index in [-0.39, 0.29) is 0 Å². The van der Waals surface area contributed by atoms with Gasteiger partial charge in [-0.3, -0.25) is 4.98 Å². The molecule has 0 aliphatic carbocycles. The van der Waals surface area contributed by atoms with Crippen molar-refractivity contribution in [1.29, 1.82) is 5.26 Å². The maximum absolute atomic E-state index is 9.69. The van der Waals surface area contributed by atoms with Crippen LogP contribution in [0, 0.1) is 25.2 Å². The summed E-state index contributed by atoms with van der Waals surface area (Å²) in [4.78, 5) is 8.70. The molecule has 1 aliphatic rings. The number of nitrogens with two attached hydrogens (primary N) is 1. The van der Waals surface area contributed by atoms with Gasteiger partial charge in [-0.2, -0.15) is 5.26 Å². The summed E-state index contributed by atoms with van der Waals surface area (Å²) in [5.74, 6) is 0.597. The third-order valence-electron chi connectivity index (χ3n) is 4.55. The summed E-state index contributed by atoms with van der Waals surface area (Å²) in [5, 5.41) is 14.8. The molecule has 2 aromatic heterocycles. The molecule has 4 rings (SSSR count). The van der Waals surface area contributed by atoms with Crippen LogP contribution in [0.25, 0.3) is 21.9 Å². The Morgan fingerprint density at radius 3 is 2.84 bits per heavy atom. The third kappa shape index (κ3) is 2.32. The first-order valence-corrected chi connectivity index (χ1v) is 8.05. The van der Waals surface area contributed by atoms with Crippen LogP contribution in [0.4, 0.5) is 11.4 Å². The quantitative estimate of drug-likeness (QED) is 0.665. The summed E-state index contributed by atoms with van der Waals surface area (Å²) in [7, 11) is 0. The number of nitrogens with one attached hydrogen (secondary N) is 1. The lowest BCUT2D eigenvalue weighted by Gasteiger charge is -2.22. The molecule has 3 aromatic rings. The van der Waals surface area contributed by atoms with Gasteiger partial charge in [0, 0.05) is 41.1 Å². The molecular weight excluding hydrogens is 314 g/mol. The summed E-state index contributed by atoms with van der Waals surface area (Å²) in [6.07, 6.45) is 3.47. The first-order valence-electron chi connectivity index (χ1n) is 8.05. The van der Waals surface area contributed by atoms with Gasteiger partial charge in [-0.05, 0) is 36.9 Å². The van der Waals surface area contributed by atoms with Gasteiger partial charge in [-0.1, -0.05) is 0 Å². The number of hydrogen-bond donors (Lipinski definition) is 2. The Labute approximate surface area is 145 Å². The highest BCUT2D eigenvalue weighted by molar-refractivity contribution is 6.01. The van der Waals surface area contributed by atoms with Crippen molar-refractivity contribution < 1.29 is 4.74 Å². The fourth-order valence-corrected chi connectivity index (χ4v) is 3.26. The zero-order chi connectivity index (χ0) is 17.6. The average Bonchev–Trinajstić information content (AvgIpc) is 2.62. The predicted octanol–water partition coefficient (Wildman–Crippen LogP) is 3.17. The standard InChI is InChI=1S/C19H17N5O/c1-10-5-12-6-13(14(7-20)17(21)16(12)9-23-10)15-8-24-19-18(11(15)2)22-3-4-25-19/h5-6,8-9,22H,3-4,21H2,1-2H3. The average molecular weight is 331 g/mol. The maximum atomic E-state index is 9.69. The first kappa shape index (κ1) is 15.2. The molecule has 6 heteroatoms. The smallest absolute Gasteiger partial charge is 0.237 e. The molecule has 3 N–H and O–H groups in total. The molecule has 25 heavy (non-hydrogen) atoms. The third-order valence-corrected chi connectivity index (χ3v) is 4.55. The SMILES string of the molecule is Cc1cc2cc(-c3cnc4c(c3C)NCCO4)c(C#N)c(N)c2cn1. The van der Waals surface area contributed by atoms with Crippen LogP contribution in [-0.4, -0.2) is 23.1 Å². The minimum absolute atomic E-state index is 0.444. The van der Waals surface area contributed by atoms with E-state index in [1.165, 1.54) is 0 Å². The molecule has 0 amide bonds. The normalized spacial score (nSPS) is 12.8. The second-order valence-electron chi connectivity index (χ2n) is 6.12. The highest BCUT2D eigenvalue weighted by Crippen LogP contribution is 2.39. The van der Waals surface area contributed by atoms with E-state index in [1.54, 1.807) is 12.4 Å². The number of aromatic nitrogens is 2. The first-order chi connectivity index (χ1) is 12.1. The van der Waals surface area contributed by atoms with Crippen LogP contribution in [0.2, 0.25) is 0 Å². The number of pyridine rings is 2. The van der Waals surface area contributed by atoms with E-state index in [9.17, 15) is 5.26 Å². The lowest BCUT2D eigenvalue weighted by Crippen LogP contribution is -2.20. The molecule has 0 spiro atoms. The number of anilines is 2. The second-order valence-corrected chi connectivity index (χ2v) is 6.12. The molecule has 0 atom stereocenters. The van der Waals surface area contributed by atoms with Crippen LogP contribution in [0.5, 0.6) is 5.88 Å². The van der Waals surface area contributed by atoms with E-state index in [1.807, 2.05) is 26.0 Å². The van der Waals surface area contributed by atoms with Crippen LogP contribution >= 0.6 is 0 Å². The summed E-state index contributed by atoms with van der Waals surface area (Å²) in [5.41, 5.74) is 11.6. The highest BCUT2D eigenvalue weighted by Gasteiger charge is 2.20. The minimum Gasteiger partial charge on any atom is -0.474 e. The maximum Gasteiger partial charge on any atom is 0.237 e. The number of nitriles is 1. The van der Waals surface area contributed by atoms with Crippen molar-refractivity contribution in [2.75, 3.05) is 24.2 Å². The number of fused-ring (bicyclic) bond motifs is 2. The van der Waals surface area contributed by atoms with E-state index in [2.05, 4.69) is 21.4 Å². The van der Waals surface area contributed by atoms with E-state index in [4.69, 9.17) is 10.5 Å². The highest BCUT2D eigenvalue weighted by atomic mass is 16.5. The number of rotatable bonds is 1. The van der Waals surface area contributed by atoms with Gasteiger partial charge in [0.1, 0.15) is 18.4 Å². The van der Waals surface area contributed by atoms with Crippen molar-refractivity contribution >= 4 is 22.1 Å². The molecule has 3 heterocycles. The fourth-order valence-electron chi connectivity index (χ4n) is 3.26. The second kappa shape index (κ2) is 5.64. The number of nitrogens with zero attached hydrogens (tertiary/aromatic N) is 3. The molecule has 1 aromatic carbocycles. The Kier molecular flexibility index (Phi) is 3.43. The molecule has 0 bridgehead atoms. The predicted molar refractivity (Wildman–Crippen MR) is 97.6 cm³/mol. The molecule has 124 valence electrons. The lowest BCUT2D eigenvalue weighted by molar-refractivity contribution is 0.310. The molecule has 0 saturated heterocycles. The van der Waals surface area contributed by atoms with E-state index in [0.717, 1.165) is 45.4 Å². The van der Waals surface area contributed by atoms with Gasteiger partial charge in [-0.15, -0.1) is 0 Å². The fraction of sp³-hybridized carbons (Fsp3) is 0.211. The van der Waals surface area contributed by atoms with Gasteiger partial charge >= 0.3 is 0 Å². The molecule has 6 nitrogen and oxygen atoms in total. The Morgan fingerprint density at radius 1 is 1.20 bits per heavy atom. The van der Waals surface area contributed by atoms with Gasteiger partial charge in [-0.25, -0.2) is 4.98 Å². The Balaban J connectivity index is 2.03. The summed E-state index contributed by atoms with van der Waals surface area (Å²) < 4.78 is 5.59. The molecular formula is C19H17N5O. The zero-order valence-electron chi connectivity index (χ0n) is 14.1. The van der Waals surface area contributed by atoms with E-state index in [0.29, 0.717) is 23.7 Å². The van der Waals surface area contributed by atoms with Gasteiger partial charge in [0.2, 0.25) is 5.88 Å².